The third kappa shape index (κ3) is 2.65. The van der Waals surface area contributed by atoms with E-state index in [9.17, 15) is 10.4 Å². The Morgan fingerprint density at radius 3 is 2.86 bits per heavy atom. The van der Waals surface area contributed by atoms with Gasteiger partial charge in [-0.25, -0.2) is 4.98 Å². The van der Waals surface area contributed by atoms with Gasteiger partial charge in [-0.2, -0.15) is 5.26 Å². The molecule has 3 aromatic rings. The van der Waals surface area contributed by atoms with E-state index in [1.165, 1.54) is 11.3 Å². The highest BCUT2D eigenvalue weighted by Crippen LogP contribution is 2.32. The number of nitrogens with zero attached hydrogens (tertiary/aromatic N) is 2. The van der Waals surface area contributed by atoms with E-state index in [1.54, 1.807) is 12.3 Å². The van der Waals surface area contributed by atoms with Gasteiger partial charge in [0.25, 0.3) is 0 Å². The van der Waals surface area contributed by atoms with Crippen molar-refractivity contribution in [2.75, 3.05) is 5.32 Å². The molecule has 3 rings (SSSR count). The van der Waals surface area contributed by atoms with Crippen molar-refractivity contribution in [3.63, 3.8) is 0 Å². The van der Waals surface area contributed by atoms with E-state index in [4.69, 9.17) is 0 Å². The number of rotatable bonds is 3. The number of aryl methyl sites for hydroxylation is 1. The fourth-order valence-corrected chi connectivity index (χ4v) is 2.94. The maximum Gasteiger partial charge on any atom is 0.139 e. The number of aromatic nitrogens is 1. The van der Waals surface area contributed by atoms with Crippen molar-refractivity contribution in [2.24, 2.45) is 0 Å². The Morgan fingerprint density at radius 1 is 1.32 bits per heavy atom. The maximum atomic E-state index is 10.1. The first-order valence-electron chi connectivity index (χ1n) is 6.69. The van der Waals surface area contributed by atoms with E-state index in [0.717, 1.165) is 16.5 Å². The van der Waals surface area contributed by atoms with Gasteiger partial charge < -0.3 is 10.4 Å². The molecule has 108 valence electrons. The summed E-state index contributed by atoms with van der Waals surface area (Å²) in [7, 11) is 0. The minimum Gasteiger partial charge on any atom is -0.506 e. The van der Waals surface area contributed by atoms with Gasteiger partial charge in [0.2, 0.25) is 0 Å². The van der Waals surface area contributed by atoms with Crippen LogP contribution in [0.3, 0.4) is 0 Å². The number of anilines is 1. The molecule has 0 fully saturated rings. The van der Waals surface area contributed by atoms with Crippen molar-refractivity contribution in [1.82, 2.24) is 4.98 Å². The largest absolute Gasteiger partial charge is 0.506 e. The topological polar surface area (TPSA) is 68.9 Å². The summed E-state index contributed by atoms with van der Waals surface area (Å²) in [6.07, 6.45) is 1.58. The summed E-state index contributed by atoms with van der Waals surface area (Å²) in [6.45, 7) is 1.89. The number of nitriles is 1. The number of hydrogen-bond donors (Lipinski definition) is 2. The summed E-state index contributed by atoms with van der Waals surface area (Å²) >= 11 is 1.42. The molecule has 1 heterocycles. The fourth-order valence-electron chi connectivity index (χ4n) is 2.18. The molecule has 4 nitrogen and oxygen atoms in total. The number of hydrogen-bond acceptors (Lipinski definition) is 5. The summed E-state index contributed by atoms with van der Waals surface area (Å²) in [6, 6.07) is 13.4. The molecule has 22 heavy (non-hydrogen) atoms. The predicted molar refractivity (Wildman–Crippen MR) is 89.7 cm³/mol. The molecule has 1 aromatic heterocycles. The summed E-state index contributed by atoms with van der Waals surface area (Å²) < 4.78 is 0. The molecule has 0 aliphatic heterocycles. The van der Waals surface area contributed by atoms with Crippen LogP contribution in [0.5, 0.6) is 5.75 Å². The zero-order valence-electron chi connectivity index (χ0n) is 11.9. The second-order valence-corrected chi connectivity index (χ2v) is 5.65. The minimum atomic E-state index is 0.141. The normalized spacial score (nSPS) is 11.4. The summed E-state index contributed by atoms with van der Waals surface area (Å²) in [5.74, 6) is 0.141. The molecule has 0 aliphatic carbocycles. The molecule has 0 atom stereocenters. The van der Waals surface area contributed by atoms with E-state index in [2.05, 4.69) is 16.4 Å². The van der Waals surface area contributed by atoms with Crippen LogP contribution in [0.4, 0.5) is 5.69 Å². The van der Waals surface area contributed by atoms with Gasteiger partial charge in [0.05, 0.1) is 5.69 Å². The molecule has 0 saturated heterocycles. The Kier molecular flexibility index (Phi) is 3.77. The number of benzene rings is 2. The number of phenols is 1. The van der Waals surface area contributed by atoms with Crippen LogP contribution in [0.1, 0.15) is 10.7 Å². The molecule has 2 N–H and O–H groups in total. The van der Waals surface area contributed by atoms with Crippen molar-refractivity contribution in [3.05, 3.63) is 58.7 Å². The van der Waals surface area contributed by atoms with Crippen LogP contribution in [-0.4, -0.2) is 10.1 Å². The first kappa shape index (κ1) is 14.1. The number of phenolic OH excluding ortho intramolecular Hbond substituents is 1. The van der Waals surface area contributed by atoms with Crippen LogP contribution in [0.15, 0.2) is 48.0 Å². The van der Waals surface area contributed by atoms with Crippen molar-refractivity contribution in [2.45, 2.75) is 6.92 Å². The molecule has 0 bridgehead atoms. The van der Waals surface area contributed by atoms with E-state index < -0.39 is 0 Å². The van der Waals surface area contributed by atoms with Crippen LogP contribution >= 0.6 is 11.3 Å². The highest BCUT2D eigenvalue weighted by atomic mass is 32.1. The smallest absolute Gasteiger partial charge is 0.139 e. The average molecular weight is 307 g/mol. The summed E-state index contributed by atoms with van der Waals surface area (Å²) in [4.78, 5) is 4.30. The van der Waals surface area contributed by atoms with E-state index in [0.29, 0.717) is 16.3 Å². The predicted octanol–water partition coefficient (Wildman–Crippen LogP) is 4.29. The van der Waals surface area contributed by atoms with Gasteiger partial charge in [0, 0.05) is 22.7 Å². The lowest BCUT2D eigenvalue weighted by atomic mass is 10.1. The van der Waals surface area contributed by atoms with E-state index in [1.807, 2.05) is 42.6 Å². The number of nitrogens with one attached hydrogen (secondary N) is 1. The summed E-state index contributed by atoms with van der Waals surface area (Å²) in [5.41, 5.74) is 1.90. The standard InChI is InChI=1S/C17H13N3OS/c1-11-10-22-17(20-11)13(8-18)9-19-16-14-5-3-2-4-12(14)6-7-15(16)21/h2-7,9-10,19,21H,1H3/b13-9+. The maximum absolute atomic E-state index is 10.1. The SMILES string of the molecule is Cc1csc(/C(C#N)=C/Nc2c(O)ccc3ccccc23)n1. The zero-order chi connectivity index (χ0) is 15.5. The quantitative estimate of drug-likeness (QED) is 0.559. The highest BCUT2D eigenvalue weighted by molar-refractivity contribution is 7.10. The second-order valence-electron chi connectivity index (χ2n) is 4.79. The third-order valence-corrected chi connectivity index (χ3v) is 4.23. The molecule has 0 radical (unpaired) electrons. The summed E-state index contributed by atoms with van der Waals surface area (Å²) in [5, 5.41) is 26.9. The van der Waals surface area contributed by atoms with Gasteiger partial charge in [0.15, 0.2) is 0 Å². The Balaban J connectivity index is 2.01. The Morgan fingerprint density at radius 2 is 2.14 bits per heavy atom. The van der Waals surface area contributed by atoms with Crippen LogP contribution < -0.4 is 5.32 Å². The molecular formula is C17H13N3OS. The van der Waals surface area contributed by atoms with Gasteiger partial charge in [-0.3, -0.25) is 0 Å². The van der Waals surface area contributed by atoms with Crippen molar-refractivity contribution >= 4 is 33.4 Å². The molecule has 0 saturated carbocycles. The molecule has 0 spiro atoms. The number of allylic oxidation sites excluding steroid dienone is 1. The zero-order valence-corrected chi connectivity index (χ0v) is 12.7. The van der Waals surface area contributed by atoms with Crippen molar-refractivity contribution in [1.29, 1.82) is 5.26 Å². The van der Waals surface area contributed by atoms with Gasteiger partial charge in [-0.1, -0.05) is 30.3 Å². The molecule has 2 aromatic carbocycles. The van der Waals surface area contributed by atoms with E-state index in [-0.39, 0.29) is 5.75 Å². The molecule has 0 unspecified atom stereocenters. The first-order valence-corrected chi connectivity index (χ1v) is 7.57. The number of aromatic hydroxyl groups is 1. The van der Waals surface area contributed by atoms with Gasteiger partial charge >= 0.3 is 0 Å². The van der Waals surface area contributed by atoms with Crippen LogP contribution in [0.25, 0.3) is 16.3 Å². The van der Waals surface area contributed by atoms with Crippen LogP contribution in [-0.2, 0) is 0 Å². The van der Waals surface area contributed by atoms with E-state index >= 15 is 0 Å². The second kappa shape index (κ2) is 5.88. The fraction of sp³-hybridized carbons (Fsp3) is 0.0588. The van der Waals surface area contributed by atoms with Crippen LogP contribution in [0, 0.1) is 18.3 Å². The third-order valence-electron chi connectivity index (χ3n) is 3.24. The van der Waals surface area contributed by atoms with Crippen LogP contribution in [0.2, 0.25) is 0 Å². The first-order chi connectivity index (χ1) is 10.7. The van der Waals surface area contributed by atoms with Crippen molar-refractivity contribution < 1.29 is 5.11 Å². The lowest BCUT2D eigenvalue weighted by Gasteiger charge is -2.09. The number of thiazole rings is 1. The Labute approximate surface area is 132 Å². The van der Waals surface area contributed by atoms with Crippen molar-refractivity contribution in [3.8, 4) is 11.8 Å². The molecule has 0 amide bonds. The highest BCUT2D eigenvalue weighted by Gasteiger charge is 2.08. The van der Waals surface area contributed by atoms with Gasteiger partial charge in [-0.05, 0) is 18.4 Å². The average Bonchev–Trinajstić information content (AvgIpc) is 2.96. The minimum absolute atomic E-state index is 0.141. The Hall–Kier alpha value is -2.84. The van der Waals surface area contributed by atoms with Gasteiger partial charge in [-0.15, -0.1) is 11.3 Å². The molecule has 5 heteroatoms. The lowest BCUT2D eigenvalue weighted by Crippen LogP contribution is -1.93. The molecular weight excluding hydrogens is 294 g/mol. The lowest BCUT2D eigenvalue weighted by molar-refractivity contribution is 0.478. The number of fused-ring (bicyclic) bond motifs is 1. The Bertz CT molecular complexity index is 906. The molecule has 0 aliphatic rings. The van der Waals surface area contributed by atoms with Gasteiger partial charge in [0.1, 0.15) is 22.4 Å². The monoisotopic (exact) mass is 307 g/mol.